The molecule has 0 bridgehead atoms. The molecule has 8 heteroatoms. The molecular formula is C19H19N3O3S2. The number of hydrogen-bond donors (Lipinski definition) is 1. The Morgan fingerprint density at radius 1 is 1.15 bits per heavy atom. The Balaban J connectivity index is 1.74. The summed E-state index contributed by atoms with van der Waals surface area (Å²) in [5.74, 6) is -0.0941. The van der Waals surface area contributed by atoms with Gasteiger partial charge in [-0.05, 0) is 36.0 Å². The predicted molar refractivity (Wildman–Crippen MR) is 110 cm³/mol. The molecule has 1 aliphatic heterocycles. The Bertz CT molecular complexity index is 886. The van der Waals surface area contributed by atoms with Crippen LogP contribution in [0.5, 0.6) is 0 Å². The van der Waals surface area contributed by atoms with Gasteiger partial charge in [-0.3, -0.25) is 14.4 Å². The zero-order chi connectivity index (χ0) is 19.4. The maximum Gasteiger partial charge on any atom is 0.286 e. The quantitative estimate of drug-likeness (QED) is 0.794. The maximum atomic E-state index is 12.6. The highest BCUT2D eigenvalue weighted by molar-refractivity contribution is 8.13. The average molecular weight is 402 g/mol. The number of fused-ring (bicyclic) bond motifs is 1. The molecule has 0 saturated heterocycles. The normalized spacial score (nSPS) is 13.1. The molecule has 27 heavy (non-hydrogen) atoms. The molecule has 0 saturated carbocycles. The van der Waals surface area contributed by atoms with E-state index < -0.39 is 0 Å². The van der Waals surface area contributed by atoms with E-state index in [4.69, 9.17) is 0 Å². The Morgan fingerprint density at radius 3 is 2.63 bits per heavy atom. The summed E-state index contributed by atoms with van der Waals surface area (Å²) in [5, 5.41) is 2.69. The van der Waals surface area contributed by atoms with Crippen LogP contribution in [0.2, 0.25) is 0 Å². The van der Waals surface area contributed by atoms with E-state index in [1.165, 1.54) is 21.6 Å². The lowest BCUT2D eigenvalue weighted by Crippen LogP contribution is -2.41. The average Bonchev–Trinajstić information content (AvgIpc) is 2.65. The largest absolute Gasteiger partial charge is 0.339 e. The second kappa shape index (κ2) is 8.49. The van der Waals surface area contributed by atoms with E-state index in [1.807, 2.05) is 30.3 Å². The van der Waals surface area contributed by atoms with Gasteiger partial charge in [0.15, 0.2) is 0 Å². The minimum Gasteiger partial charge on any atom is -0.339 e. The van der Waals surface area contributed by atoms with Gasteiger partial charge in [0.1, 0.15) is 6.54 Å². The van der Waals surface area contributed by atoms with Crippen molar-refractivity contribution in [3.05, 3.63) is 48.5 Å². The van der Waals surface area contributed by atoms with Crippen LogP contribution in [0.15, 0.2) is 58.3 Å². The Hall–Kier alpha value is -2.45. The van der Waals surface area contributed by atoms with Gasteiger partial charge in [-0.25, -0.2) is 0 Å². The Kier molecular flexibility index (Phi) is 6.08. The van der Waals surface area contributed by atoms with E-state index in [1.54, 1.807) is 32.3 Å². The fraction of sp³-hybridized carbons (Fsp3) is 0.211. The van der Waals surface area contributed by atoms with Gasteiger partial charge in [0, 0.05) is 23.9 Å². The highest BCUT2D eigenvalue weighted by Gasteiger charge is 2.26. The number of benzene rings is 2. The zero-order valence-corrected chi connectivity index (χ0v) is 16.6. The zero-order valence-electron chi connectivity index (χ0n) is 15.0. The third-order valence-electron chi connectivity index (χ3n) is 3.83. The number of thioether (sulfide) groups is 2. The van der Waals surface area contributed by atoms with Gasteiger partial charge in [-0.1, -0.05) is 24.3 Å². The fourth-order valence-corrected chi connectivity index (χ4v) is 4.19. The first-order chi connectivity index (χ1) is 13.0. The Morgan fingerprint density at radius 2 is 1.85 bits per heavy atom. The summed E-state index contributed by atoms with van der Waals surface area (Å²) in [5.41, 5.74) is 1.30. The molecule has 6 nitrogen and oxygen atoms in total. The summed E-state index contributed by atoms with van der Waals surface area (Å²) < 4.78 is 0. The minimum absolute atomic E-state index is 0.0724. The van der Waals surface area contributed by atoms with Crippen LogP contribution in [0.25, 0.3) is 0 Å². The van der Waals surface area contributed by atoms with Crippen LogP contribution in [-0.2, 0) is 9.59 Å². The number of amides is 3. The van der Waals surface area contributed by atoms with Crippen molar-refractivity contribution in [3.63, 3.8) is 0 Å². The van der Waals surface area contributed by atoms with Crippen LogP contribution in [0.1, 0.15) is 0 Å². The van der Waals surface area contributed by atoms with Gasteiger partial charge >= 0.3 is 0 Å². The van der Waals surface area contributed by atoms with Gasteiger partial charge < -0.3 is 15.1 Å². The molecule has 2 aromatic carbocycles. The number of carbonyl (C=O) groups excluding carboxylic acids is 3. The van der Waals surface area contributed by atoms with Crippen LogP contribution >= 0.6 is 23.5 Å². The summed E-state index contributed by atoms with van der Waals surface area (Å²) in [6.45, 7) is -0.0724. The summed E-state index contributed by atoms with van der Waals surface area (Å²) in [7, 11) is 3.35. The van der Waals surface area contributed by atoms with E-state index in [0.717, 1.165) is 22.3 Å². The topological polar surface area (TPSA) is 69.7 Å². The van der Waals surface area contributed by atoms with E-state index in [-0.39, 0.29) is 23.6 Å². The van der Waals surface area contributed by atoms with Crippen LogP contribution < -0.4 is 10.2 Å². The molecule has 1 N–H and O–H groups in total. The summed E-state index contributed by atoms with van der Waals surface area (Å²) in [6.07, 6.45) is 0. The molecule has 0 atom stereocenters. The van der Waals surface area contributed by atoms with E-state index in [9.17, 15) is 14.4 Å². The van der Waals surface area contributed by atoms with Crippen molar-refractivity contribution in [2.45, 2.75) is 9.79 Å². The van der Waals surface area contributed by atoms with Crippen LogP contribution in [-0.4, -0.2) is 48.3 Å². The monoisotopic (exact) mass is 401 g/mol. The second-order valence-electron chi connectivity index (χ2n) is 6.04. The SMILES string of the molecule is CN(C)C(=O)Sc1ccccc1NC(=O)CN1C(=O)CSc2ccccc21. The first-order valence-electron chi connectivity index (χ1n) is 8.26. The molecule has 1 aliphatic rings. The molecule has 0 aromatic heterocycles. The maximum absolute atomic E-state index is 12.6. The van der Waals surface area contributed by atoms with Gasteiger partial charge in [0.2, 0.25) is 11.8 Å². The van der Waals surface area contributed by atoms with E-state index >= 15 is 0 Å². The Labute approximate surface area is 166 Å². The lowest BCUT2D eigenvalue weighted by Gasteiger charge is -2.28. The molecule has 1 heterocycles. The van der Waals surface area contributed by atoms with Gasteiger partial charge in [-0.15, -0.1) is 11.8 Å². The molecule has 140 valence electrons. The third kappa shape index (κ3) is 4.64. The number of nitrogens with one attached hydrogen (secondary N) is 1. The van der Waals surface area contributed by atoms with Crippen molar-refractivity contribution in [1.82, 2.24) is 4.90 Å². The van der Waals surface area contributed by atoms with Crippen LogP contribution in [0, 0.1) is 0 Å². The van der Waals surface area contributed by atoms with Crippen molar-refractivity contribution < 1.29 is 14.4 Å². The summed E-state index contributed by atoms with van der Waals surface area (Å²) in [6, 6.07) is 14.7. The van der Waals surface area contributed by atoms with Crippen molar-refractivity contribution in [1.29, 1.82) is 0 Å². The molecule has 0 fully saturated rings. The number of nitrogens with zero attached hydrogens (tertiary/aromatic N) is 2. The van der Waals surface area contributed by atoms with Gasteiger partial charge in [0.05, 0.1) is 17.1 Å². The molecule has 2 aromatic rings. The number of anilines is 2. The molecule has 3 amide bonds. The molecular weight excluding hydrogens is 382 g/mol. The van der Waals surface area contributed by atoms with Gasteiger partial charge in [-0.2, -0.15) is 0 Å². The molecule has 0 spiro atoms. The second-order valence-corrected chi connectivity index (χ2v) is 8.05. The van der Waals surface area contributed by atoms with Crippen molar-refractivity contribution in [2.24, 2.45) is 0 Å². The number of hydrogen-bond acceptors (Lipinski definition) is 5. The molecule has 0 aliphatic carbocycles. The summed E-state index contributed by atoms with van der Waals surface area (Å²) in [4.78, 5) is 41.5. The molecule has 0 unspecified atom stereocenters. The van der Waals surface area contributed by atoms with Crippen molar-refractivity contribution in [3.8, 4) is 0 Å². The molecule has 0 radical (unpaired) electrons. The number of carbonyl (C=O) groups is 3. The van der Waals surface area contributed by atoms with Crippen LogP contribution in [0.4, 0.5) is 16.2 Å². The lowest BCUT2D eigenvalue weighted by molar-refractivity contribution is -0.120. The minimum atomic E-state index is -0.310. The van der Waals surface area contributed by atoms with Crippen molar-refractivity contribution in [2.75, 3.05) is 36.6 Å². The van der Waals surface area contributed by atoms with E-state index in [2.05, 4.69) is 5.32 Å². The first-order valence-corrected chi connectivity index (χ1v) is 10.1. The first kappa shape index (κ1) is 19.3. The molecule has 3 rings (SSSR count). The fourth-order valence-electron chi connectivity index (χ4n) is 2.50. The summed E-state index contributed by atoms with van der Waals surface area (Å²) >= 11 is 2.52. The predicted octanol–water partition coefficient (Wildman–Crippen LogP) is 3.54. The van der Waals surface area contributed by atoms with Crippen LogP contribution in [0.3, 0.4) is 0 Å². The highest BCUT2D eigenvalue weighted by Crippen LogP contribution is 2.35. The number of para-hydroxylation sites is 2. The van der Waals surface area contributed by atoms with Gasteiger partial charge in [0.25, 0.3) is 5.24 Å². The third-order valence-corrected chi connectivity index (χ3v) is 6.00. The van der Waals surface area contributed by atoms with E-state index in [0.29, 0.717) is 16.3 Å². The highest BCUT2D eigenvalue weighted by atomic mass is 32.2. The smallest absolute Gasteiger partial charge is 0.286 e. The lowest BCUT2D eigenvalue weighted by atomic mass is 10.2. The van der Waals surface area contributed by atoms with Crippen molar-refractivity contribution >= 4 is 52.0 Å². The number of rotatable bonds is 4. The standard InChI is InChI=1S/C19H19N3O3S2/c1-21(2)19(25)27-15-9-5-3-7-13(15)20-17(23)11-22-14-8-4-6-10-16(14)26-12-18(22)24/h3-10H,11-12H2,1-2H3,(H,20,23).